The van der Waals surface area contributed by atoms with E-state index in [0.717, 1.165) is 0 Å². The molecule has 0 aromatic heterocycles. The lowest BCUT2D eigenvalue weighted by molar-refractivity contribution is 0.0696. The van der Waals surface area contributed by atoms with Gasteiger partial charge in [-0.05, 0) is 23.8 Å². The summed E-state index contributed by atoms with van der Waals surface area (Å²) in [7, 11) is 4.43. The quantitative estimate of drug-likeness (QED) is 0.614. The number of allylic oxidation sites excluding steroid dienone is 1. The molecule has 0 atom stereocenters. The maximum absolute atomic E-state index is 12.6. The summed E-state index contributed by atoms with van der Waals surface area (Å²) < 4.78 is 15.7. The molecule has 2 aromatic carbocycles. The third kappa shape index (κ3) is 4.17. The molecule has 0 amide bonds. The first kappa shape index (κ1) is 18.1. The summed E-state index contributed by atoms with van der Waals surface area (Å²) in [5, 5.41) is 8.89. The Kier molecular flexibility index (Phi) is 5.79. The van der Waals surface area contributed by atoms with Gasteiger partial charge in [0, 0.05) is 12.1 Å². The summed E-state index contributed by atoms with van der Waals surface area (Å²) >= 11 is 0. The smallest absolute Gasteiger partial charge is 0.335 e. The molecule has 0 aliphatic carbocycles. The highest BCUT2D eigenvalue weighted by Crippen LogP contribution is 2.34. The van der Waals surface area contributed by atoms with Gasteiger partial charge < -0.3 is 19.3 Å². The molecular formula is C19H18O6. The van der Waals surface area contributed by atoms with E-state index >= 15 is 0 Å². The number of hydrogen-bond donors (Lipinski definition) is 1. The van der Waals surface area contributed by atoms with Crippen molar-refractivity contribution in [2.75, 3.05) is 21.3 Å². The van der Waals surface area contributed by atoms with Gasteiger partial charge in [-0.25, -0.2) is 4.79 Å². The normalized spacial score (nSPS) is 10.5. The van der Waals surface area contributed by atoms with Crippen molar-refractivity contribution in [3.05, 3.63) is 59.2 Å². The monoisotopic (exact) mass is 342 g/mol. The lowest BCUT2D eigenvalue weighted by Gasteiger charge is -2.13. The summed E-state index contributed by atoms with van der Waals surface area (Å²) in [6, 6.07) is 9.39. The zero-order valence-electron chi connectivity index (χ0n) is 14.1. The highest BCUT2D eigenvalue weighted by atomic mass is 16.5. The van der Waals surface area contributed by atoms with Crippen molar-refractivity contribution in [1.29, 1.82) is 0 Å². The minimum Gasteiger partial charge on any atom is -0.496 e. The average molecular weight is 342 g/mol. The maximum Gasteiger partial charge on any atom is 0.335 e. The largest absolute Gasteiger partial charge is 0.496 e. The van der Waals surface area contributed by atoms with Crippen molar-refractivity contribution in [3.63, 3.8) is 0 Å². The number of carbonyl (C=O) groups excluding carboxylic acids is 1. The standard InChI is InChI=1S/C19H18O6/c1-23-14-10-16(24-2)18(17(11-14)25-3)15(20)9-6-12-4-7-13(8-5-12)19(21)22/h4-11H,1-3H3,(H,21,22). The topological polar surface area (TPSA) is 82.1 Å². The van der Waals surface area contributed by atoms with Crippen LogP contribution in [0.25, 0.3) is 6.08 Å². The van der Waals surface area contributed by atoms with Gasteiger partial charge in [-0.15, -0.1) is 0 Å². The predicted molar refractivity (Wildman–Crippen MR) is 92.9 cm³/mol. The first-order chi connectivity index (χ1) is 12.0. The Bertz CT molecular complexity index is 780. The fourth-order valence-electron chi connectivity index (χ4n) is 2.24. The molecule has 6 heteroatoms. The number of carboxylic acids is 1. The number of carboxylic acid groups (broad SMARTS) is 1. The molecule has 0 fully saturated rings. The number of ketones is 1. The Hall–Kier alpha value is -3.28. The van der Waals surface area contributed by atoms with Gasteiger partial charge in [0.2, 0.25) is 0 Å². The highest BCUT2D eigenvalue weighted by Gasteiger charge is 2.18. The number of benzene rings is 2. The van der Waals surface area contributed by atoms with Crippen LogP contribution in [0.3, 0.4) is 0 Å². The fraction of sp³-hybridized carbons (Fsp3) is 0.158. The molecule has 0 unspecified atom stereocenters. The molecule has 130 valence electrons. The maximum atomic E-state index is 12.6. The van der Waals surface area contributed by atoms with E-state index in [9.17, 15) is 9.59 Å². The third-order valence-corrected chi connectivity index (χ3v) is 3.55. The van der Waals surface area contributed by atoms with Gasteiger partial charge in [-0.3, -0.25) is 4.79 Å². The van der Waals surface area contributed by atoms with Crippen LogP contribution >= 0.6 is 0 Å². The Balaban J connectivity index is 2.32. The summed E-state index contributed by atoms with van der Waals surface area (Å²) in [4.78, 5) is 23.4. The van der Waals surface area contributed by atoms with Gasteiger partial charge in [0.15, 0.2) is 5.78 Å². The van der Waals surface area contributed by atoms with Crippen LogP contribution in [0.4, 0.5) is 0 Å². The van der Waals surface area contributed by atoms with Crippen LogP contribution in [0, 0.1) is 0 Å². The number of carbonyl (C=O) groups is 2. The molecule has 0 saturated heterocycles. The number of hydrogen-bond acceptors (Lipinski definition) is 5. The molecular weight excluding hydrogens is 324 g/mol. The van der Waals surface area contributed by atoms with E-state index in [-0.39, 0.29) is 16.9 Å². The lowest BCUT2D eigenvalue weighted by Crippen LogP contribution is -2.03. The Morgan fingerprint density at radius 3 is 1.92 bits per heavy atom. The zero-order chi connectivity index (χ0) is 18.4. The van der Waals surface area contributed by atoms with E-state index in [4.69, 9.17) is 19.3 Å². The van der Waals surface area contributed by atoms with Crippen LogP contribution < -0.4 is 14.2 Å². The van der Waals surface area contributed by atoms with E-state index in [2.05, 4.69) is 0 Å². The number of aromatic carboxylic acids is 1. The van der Waals surface area contributed by atoms with Gasteiger partial charge >= 0.3 is 5.97 Å². The van der Waals surface area contributed by atoms with Gasteiger partial charge in [0.25, 0.3) is 0 Å². The second-order valence-electron chi connectivity index (χ2n) is 5.03. The summed E-state index contributed by atoms with van der Waals surface area (Å²) in [5.74, 6) is -0.115. The number of methoxy groups -OCH3 is 3. The molecule has 0 spiro atoms. The van der Waals surface area contributed by atoms with Crippen LogP contribution in [0.2, 0.25) is 0 Å². The molecule has 2 rings (SSSR count). The second-order valence-corrected chi connectivity index (χ2v) is 5.03. The van der Waals surface area contributed by atoms with E-state index in [1.807, 2.05) is 0 Å². The minimum atomic E-state index is -1.00. The van der Waals surface area contributed by atoms with Crippen molar-refractivity contribution in [2.24, 2.45) is 0 Å². The Morgan fingerprint density at radius 1 is 0.920 bits per heavy atom. The van der Waals surface area contributed by atoms with E-state index < -0.39 is 5.97 Å². The third-order valence-electron chi connectivity index (χ3n) is 3.55. The fourth-order valence-corrected chi connectivity index (χ4v) is 2.24. The summed E-state index contributed by atoms with van der Waals surface area (Å²) in [6.07, 6.45) is 2.97. The second kappa shape index (κ2) is 8.01. The molecule has 2 aromatic rings. The SMILES string of the molecule is COc1cc(OC)c(C(=O)C=Cc2ccc(C(=O)O)cc2)c(OC)c1. The first-order valence-corrected chi connectivity index (χ1v) is 7.36. The van der Waals surface area contributed by atoms with Crippen LogP contribution in [0.5, 0.6) is 17.2 Å². The zero-order valence-corrected chi connectivity index (χ0v) is 14.1. The van der Waals surface area contributed by atoms with Crippen molar-refractivity contribution in [2.45, 2.75) is 0 Å². The Morgan fingerprint density at radius 2 is 1.48 bits per heavy atom. The predicted octanol–water partition coefficient (Wildman–Crippen LogP) is 3.31. The first-order valence-electron chi connectivity index (χ1n) is 7.36. The lowest BCUT2D eigenvalue weighted by atomic mass is 10.1. The molecule has 0 heterocycles. The molecule has 0 aliphatic heterocycles. The van der Waals surface area contributed by atoms with Gasteiger partial charge in [0.05, 0.1) is 26.9 Å². The van der Waals surface area contributed by atoms with Gasteiger partial charge in [0.1, 0.15) is 22.8 Å². The summed E-state index contributed by atoms with van der Waals surface area (Å²) in [5.41, 5.74) is 1.16. The van der Waals surface area contributed by atoms with Crippen LogP contribution in [-0.2, 0) is 0 Å². The number of ether oxygens (including phenoxy) is 3. The molecule has 0 saturated carbocycles. The Labute approximate surface area is 145 Å². The van der Waals surface area contributed by atoms with Crippen molar-refractivity contribution in [1.82, 2.24) is 0 Å². The molecule has 1 N–H and O–H groups in total. The van der Waals surface area contributed by atoms with Gasteiger partial charge in [-0.2, -0.15) is 0 Å². The van der Waals surface area contributed by atoms with Crippen LogP contribution in [-0.4, -0.2) is 38.2 Å². The molecule has 6 nitrogen and oxygen atoms in total. The van der Waals surface area contributed by atoms with Gasteiger partial charge in [-0.1, -0.05) is 18.2 Å². The van der Waals surface area contributed by atoms with E-state index in [1.165, 1.54) is 39.5 Å². The summed E-state index contributed by atoms with van der Waals surface area (Å²) in [6.45, 7) is 0. The average Bonchev–Trinajstić information content (AvgIpc) is 2.65. The number of rotatable bonds is 7. The van der Waals surface area contributed by atoms with E-state index in [0.29, 0.717) is 22.8 Å². The molecule has 0 bridgehead atoms. The van der Waals surface area contributed by atoms with Crippen LogP contribution in [0.1, 0.15) is 26.3 Å². The van der Waals surface area contributed by atoms with Crippen molar-refractivity contribution in [3.8, 4) is 17.2 Å². The highest BCUT2D eigenvalue weighted by molar-refractivity contribution is 6.10. The van der Waals surface area contributed by atoms with E-state index in [1.54, 1.807) is 30.3 Å². The van der Waals surface area contributed by atoms with Crippen LogP contribution in [0.15, 0.2) is 42.5 Å². The van der Waals surface area contributed by atoms with Crippen molar-refractivity contribution >= 4 is 17.8 Å². The minimum absolute atomic E-state index is 0.182. The van der Waals surface area contributed by atoms with Crippen molar-refractivity contribution < 1.29 is 28.9 Å². The molecule has 25 heavy (non-hydrogen) atoms. The molecule has 0 aliphatic rings. The molecule has 0 radical (unpaired) electrons.